The Morgan fingerprint density at radius 3 is 2.83 bits per heavy atom. The lowest BCUT2D eigenvalue weighted by molar-refractivity contribution is -0.137. The van der Waals surface area contributed by atoms with Crippen molar-refractivity contribution < 1.29 is 17.9 Å². The van der Waals surface area contributed by atoms with Crippen molar-refractivity contribution in [1.29, 1.82) is 0 Å². The molecule has 1 aromatic rings. The Kier molecular flexibility index (Phi) is 3.92. The number of nitrogens with one attached hydrogen (secondary N) is 1. The number of ether oxygens (including phenoxy) is 1. The van der Waals surface area contributed by atoms with Crippen LogP contribution in [0.25, 0.3) is 0 Å². The van der Waals surface area contributed by atoms with Gasteiger partial charge in [-0.3, -0.25) is 0 Å². The maximum atomic E-state index is 12.7. The molecule has 2 rings (SSSR count). The highest BCUT2D eigenvalue weighted by Gasteiger charge is 2.33. The predicted molar refractivity (Wildman–Crippen MR) is 62.2 cm³/mol. The van der Waals surface area contributed by atoms with E-state index in [1.165, 1.54) is 12.1 Å². The fraction of sp³-hybridized carbons (Fsp3) is 0.538. The first kappa shape index (κ1) is 13.4. The van der Waals surface area contributed by atoms with E-state index in [0.29, 0.717) is 12.2 Å². The maximum absolute atomic E-state index is 12.7. The summed E-state index contributed by atoms with van der Waals surface area (Å²) >= 11 is 0. The lowest BCUT2D eigenvalue weighted by Gasteiger charge is -2.20. The van der Waals surface area contributed by atoms with Gasteiger partial charge in [0.2, 0.25) is 0 Å². The quantitative estimate of drug-likeness (QED) is 0.901. The molecule has 2 nitrogen and oxygen atoms in total. The highest BCUT2D eigenvalue weighted by molar-refractivity contribution is 5.29. The van der Waals surface area contributed by atoms with Gasteiger partial charge >= 0.3 is 6.18 Å². The first-order valence-corrected chi connectivity index (χ1v) is 5.92. The van der Waals surface area contributed by atoms with Crippen LogP contribution >= 0.6 is 0 Å². The zero-order valence-electron chi connectivity index (χ0n) is 10.1. The average molecular weight is 259 g/mol. The molecule has 0 amide bonds. The van der Waals surface area contributed by atoms with Crippen LogP contribution in [0.3, 0.4) is 0 Å². The zero-order valence-corrected chi connectivity index (χ0v) is 10.1. The number of rotatable bonds is 3. The van der Waals surface area contributed by atoms with Crippen molar-refractivity contribution in [1.82, 2.24) is 5.32 Å². The molecular weight excluding hydrogens is 243 g/mol. The topological polar surface area (TPSA) is 21.3 Å². The van der Waals surface area contributed by atoms with E-state index in [1.807, 2.05) is 0 Å². The van der Waals surface area contributed by atoms with Crippen LogP contribution in [0.15, 0.2) is 24.3 Å². The summed E-state index contributed by atoms with van der Waals surface area (Å²) in [6.45, 7) is 1.38. The number of hydrogen-bond donors (Lipinski definition) is 1. The fourth-order valence-electron chi connectivity index (χ4n) is 2.45. The summed E-state index contributed by atoms with van der Waals surface area (Å²) in [5.41, 5.74) is 0.0919. The second-order valence-electron chi connectivity index (χ2n) is 4.56. The van der Waals surface area contributed by atoms with Gasteiger partial charge in [-0.15, -0.1) is 0 Å². The smallest absolute Gasteiger partial charge is 0.384 e. The molecular formula is C13H16F3NO. The van der Waals surface area contributed by atoms with Crippen molar-refractivity contribution in [3.05, 3.63) is 35.4 Å². The first-order valence-electron chi connectivity index (χ1n) is 5.92. The maximum Gasteiger partial charge on any atom is 0.416 e. The monoisotopic (exact) mass is 259 g/mol. The van der Waals surface area contributed by atoms with E-state index < -0.39 is 11.7 Å². The van der Waals surface area contributed by atoms with E-state index in [-0.39, 0.29) is 12.0 Å². The Balaban J connectivity index is 2.22. The summed E-state index contributed by atoms with van der Waals surface area (Å²) < 4.78 is 43.1. The van der Waals surface area contributed by atoms with Gasteiger partial charge in [0.1, 0.15) is 0 Å². The van der Waals surface area contributed by atoms with Crippen molar-refractivity contribution in [2.24, 2.45) is 5.92 Å². The minimum Gasteiger partial charge on any atom is -0.384 e. The van der Waals surface area contributed by atoms with Crippen LogP contribution in [0.5, 0.6) is 0 Å². The molecule has 0 aromatic heterocycles. The summed E-state index contributed by atoms with van der Waals surface area (Å²) in [6, 6.07) is 5.48. The lowest BCUT2D eigenvalue weighted by atomic mass is 9.94. The second-order valence-corrected chi connectivity index (χ2v) is 4.56. The van der Waals surface area contributed by atoms with Gasteiger partial charge in [0, 0.05) is 19.1 Å². The predicted octanol–water partition coefficient (Wildman–Crippen LogP) is 3.00. The van der Waals surface area contributed by atoms with Gasteiger partial charge in [-0.05, 0) is 30.7 Å². The minimum atomic E-state index is -4.29. The van der Waals surface area contributed by atoms with E-state index in [1.54, 1.807) is 13.2 Å². The SMILES string of the molecule is COCC1CCNC1c1cccc(C(F)(F)F)c1. The number of halogens is 3. The van der Waals surface area contributed by atoms with E-state index in [9.17, 15) is 13.2 Å². The third-order valence-corrected chi connectivity index (χ3v) is 3.30. The normalized spacial score (nSPS) is 24.4. The number of benzene rings is 1. The Bertz CT molecular complexity index is 405. The molecule has 1 aliphatic rings. The Morgan fingerprint density at radius 1 is 1.39 bits per heavy atom. The Labute approximate surface area is 104 Å². The summed E-state index contributed by atoms with van der Waals surface area (Å²) in [4.78, 5) is 0. The van der Waals surface area contributed by atoms with Crippen molar-refractivity contribution in [2.75, 3.05) is 20.3 Å². The van der Waals surface area contributed by atoms with Gasteiger partial charge in [0.25, 0.3) is 0 Å². The molecule has 2 unspecified atom stereocenters. The van der Waals surface area contributed by atoms with Crippen molar-refractivity contribution in [2.45, 2.75) is 18.6 Å². The Morgan fingerprint density at radius 2 is 2.17 bits per heavy atom. The lowest BCUT2D eigenvalue weighted by Crippen LogP contribution is -2.21. The van der Waals surface area contributed by atoms with Crippen LogP contribution in [0.2, 0.25) is 0 Å². The molecule has 5 heteroatoms. The van der Waals surface area contributed by atoms with E-state index >= 15 is 0 Å². The molecule has 1 heterocycles. The van der Waals surface area contributed by atoms with Crippen molar-refractivity contribution in [3.63, 3.8) is 0 Å². The largest absolute Gasteiger partial charge is 0.416 e. The van der Waals surface area contributed by atoms with Gasteiger partial charge in [-0.25, -0.2) is 0 Å². The van der Waals surface area contributed by atoms with Crippen LogP contribution in [0.4, 0.5) is 13.2 Å². The van der Waals surface area contributed by atoms with Crippen LogP contribution in [0, 0.1) is 5.92 Å². The summed E-state index contributed by atoms with van der Waals surface area (Å²) in [7, 11) is 1.61. The number of hydrogen-bond acceptors (Lipinski definition) is 2. The van der Waals surface area contributed by atoms with Crippen LogP contribution < -0.4 is 5.32 Å². The molecule has 1 fully saturated rings. The third-order valence-electron chi connectivity index (χ3n) is 3.30. The van der Waals surface area contributed by atoms with Gasteiger partial charge in [-0.1, -0.05) is 12.1 Å². The van der Waals surface area contributed by atoms with Crippen molar-refractivity contribution in [3.8, 4) is 0 Å². The fourth-order valence-corrected chi connectivity index (χ4v) is 2.45. The summed E-state index contributed by atoms with van der Waals surface area (Å²) in [5, 5.41) is 3.24. The van der Waals surface area contributed by atoms with Gasteiger partial charge in [0.15, 0.2) is 0 Å². The van der Waals surface area contributed by atoms with E-state index in [4.69, 9.17) is 4.74 Å². The van der Waals surface area contributed by atoms with E-state index in [0.717, 1.165) is 19.0 Å². The third kappa shape index (κ3) is 2.84. The highest BCUT2D eigenvalue weighted by atomic mass is 19.4. The molecule has 1 aromatic carbocycles. The van der Waals surface area contributed by atoms with E-state index in [2.05, 4.69) is 5.32 Å². The van der Waals surface area contributed by atoms with Crippen molar-refractivity contribution >= 4 is 0 Å². The molecule has 100 valence electrons. The molecule has 2 atom stereocenters. The summed E-state index contributed by atoms with van der Waals surface area (Å²) in [5.74, 6) is 0.235. The first-order chi connectivity index (χ1) is 8.52. The molecule has 0 saturated carbocycles. The van der Waals surface area contributed by atoms with Crippen LogP contribution in [-0.2, 0) is 10.9 Å². The number of alkyl halides is 3. The molecule has 1 N–H and O–H groups in total. The molecule has 1 saturated heterocycles. The highest BCUT2D eigenvalue weighted by Crippen LogP contribution is 2.34. The van der Waals surface area contributed by atoms with Gasteiger partial charge < -0.3 is 10.1 Å². The second kappa shape index (κ2) is 5.28. The Hall–Kier alpha value is -1.07. The summed E-state index contributed by atoms with van der Waals surface area (Å²) in [6.07, 6.45) is -3.36. The average Bonchev–Trinajstić information content (AvgIpc) is 2.77. The van der Waals surface area contributed by atoms with Crippen LogP contribution in [0.1, 0.15) is 23.6 Å². The van der Waals surface area contributed by atoms with Gasteiger partial charge in [-0.2, -0.15) is 13.2 Å². The molecule has 1 aliphatic heterocycles. The minimum absolute atomic E-state index is 0.0488. The molecule has 0 radical (unpaired) electrons. The molecule has 0 spiro atoms. The van der Waals surface area contributed by atoms with Crippen LogP contribution in [-0.4, -0.2) is 20.3 Å². The molecule has 0 bridgehead atoms. The molecule has 0 aliphatic carbocycles. The zero-order chi connectivity index (χ0) is 13.2. The standard InChI is InChI=1S/C13H16F3NO/c1-18-8-10-5-6-17-12(10)9-3-2-4-11(7-9)13(14,15)16/h2-4,7,10,12,17H,5-6,8H2,1H3. The van der Waals surface area contributed by atoms with Gasteiger partial charge in [0.05, 0.1) is 12.2 Å². The number of methoxy groups -OCH3 is 1. The molecule has 18 heavy (non-hydrogen) atoms.